The standard InChI is InChI=1S/C16H19B/c1-5-9-13-15(11-7-3)17-16(12-8-4)14-10-6-2/h5-14,17H,1-4H2/b13-9-,14-10-,15-11+,16-12+. The van der Waals surface area contributed by atoms with Gasteiger partial charge in [-0.05, 0) is 0 Å². The maximum Gasteiger partial charge on any atom is 0.192 e. The van der Waals surface area contributed by atoms with Crippen LogP contribution in [0.2, 0.25) is 0 Å². The second-order valence-electron chi connectivity index (χ2n) is 3.32. The van der Waals surface area contributed by atoms with Crippen molar-refractivity contribution in [2.75, 3.05) is 0 Å². The van der Waals surface area contributed by atoms with Crippen LogP contribution in [0.15, 0.2) is 98.0 Å². The first-order chi connectivity index (χ1) is 8.28. The molecule has 0 N–H and O–H groups in total. The highest BCUT2D eigenvalue weighted by atomic mass is 13.8. The highest BCUT2D eigenvalue weighted by molar-refractivity contribution is 6.55. The van der Waals surface area contributed by atoms with Gasteiger partial charge in [0, 0.05) is 0 Å². The molecule has 0 saturated carbocycles. The lowest BCUT2D eigenvalue weighted by molar-refractivity contribution is 1.76. The van der Waals surface area contributed by atoms with Gasteiger partial charge in [-0.2, -0.15) is 0 Å². The molecule has 86 valence electrons. The summed E-state index contributed by atoms with van der Waals surface area (Å²) < 4.78 is 0. The van der Waals surface area contributed by atoms with Crippen molar-refractivity contribution < 1.29 is 0 Å². The maximum absolute atomic E-state index is 3.71. The Labute approximate surface area is 106 Å². The van der Waals surface area contributed by atoms with Crippen LogP contribution in [0.4, 0.5) is 0 Å². The highest BCUT2D eigenvalue weighted by Gasteiger charge is 1.98. The zero-order valence-corrected chi connectivity index (χ0v) is 10.3. The topological polar surface area (TPSA) is 0 Å². The van der Waals surface area contributed by atoms with Gasteiger partial charge in [0.15, 0.2) is 7.28 Å². The SMILES string of the molecule is C=C/C=C\C(BC(/C=C\C=C)=C/C=C)=C/C=C. The predicted molar refractivity (Wildman–Crippen MR) is 82.4 cm³/mol. The fourth-order valence-electron chi connectivity index (χ4n) is 1.27. The molecule has 0 bridgehead atoms. The van der Waals surface area contributed by atoms with Crippen LogP contribution in [-0.4, -0.2) is 7.28 Å². The van der Waals surface area contributed by atoms with E-state index < -0.39 is 0 Å². The summed E-state index contributed by atoms with van der Waals surface area (Å²) in [5, 5.41) is 0. The van der Waals surface area contributed by atoms with E-state index in [1.165, 1.54) is 10.9 Å². The van der Waals surface area contributed by atoms with Crippen molar-refractivity contribution in [3.05, 3.63) is 98.0 Å². The third kappa shape index (κ3) is 7.86. The van der Waals surface area contributed by atoms with Crippen molar-refractivity contribution >= 4 is 7.28 Å². The van der Waals surface area contributed by atoms with E-state index in [1.807, 2.05) is 36.5 Å². The van der Waals surface area contributed by atoms with Crippen molar-refractivity contribution in [1.82, 2.24) is 0 Å². The van der Waals surface area contributed by atoms with Crippen molar-refractivity contribution in [3.63, 3.8) is 0 Å². The first-order valence-corrected chi connectivity index (χ1v) is 5.49. The lowest BCUT2D eigenvalue weighted by Gasteiger charge is -2.00. The molecule has 0 rings (SSSR count). The molecule has 0 aliphatic heterocycles. The Balaban J connectivity index is 4.91. The fraction of sp³-hybridized carbons (Fsp3) is 0. The molecule has 0 spiro atoms. The van der Waals surface area contributed by atoms with Crippen LogP contribution in [0.25, 0.3) is 0 Å². The molecule has 0 saturated heterocycles. The second kappa shape index (κ2) is 10.5. The molecule has 0 aliphatic rings. The van der Waals surface area contributed by atoms with Gasteiger partial charge in [0.1, 0.15) is 0 Å². The van der Waals surface area contributed by atoms with E-state index in [-0.39, 0.29) is 0 Å². The first-order valence-electron chi connectivity index (χ1n) is 5.49. The summed E-state index contributed by atoms with van der Waals surface area (Å²) in [5.74, 6) is 0. The van der Waals surface area contributed by atoms with Gasteiger partial charge in [-0.1, -0.05) is 98.0 Å². The van der Waals surface area contributed by atoms with Crippen LogP contribution in [0.5, 0.6) is 0 Å². The molecule has 17 heavy (non-hydrogen) atoms. The fourth-order valence-corrected chi connectivity index (χ4v) is 1.27. The average molecular weight is 222 g/mol. The summed E-state index contributed by atoms with van der Waals surface area (Å²) in [7, 11) is 0.826. The molecular formula is C16H19B. The van der Waals surface area contributed by atoms with E-state index in [1.54, 1.807) is 24.3 Å². The Morgan fingerprint density at radius 2 is 1.06 bits per heavy atom. The van der Waals surface area contributed by atoms with Crippen LogP contribution in [-0.2, 0) is 0 Å². The molecule has 0 unspecified atom stereocenters. The summed E-state index contributed by atoms with van der Waals surface area (Å²) in [6.07, 6.45) is 18.9. The van der Waals surface area contributed by atoms with Crippen LogP contribution < -0.4 is 0 Å². The van der Waals surface area contributed by atoms with E-state index in [4.69, 9.17) is 0 Å². The smallest absolute Gasteiger partial charge is 0.0991 e. The Hall–Kier alpha value is -2.02. The van der Waals surface area contributed by atoms with E-state index in [9.17, 15) is 0 Å². The quantitative estimate of drug-likeness (QED) is 0.429. The third-order valence-corrected chi connectivity index (χ3v) is 1.96. The van der Waals surface area contributed by atoms with Gasteiger partial charge < -0.3 is 0 Å². The maximum atomic E-state index is 3.71. The van der Waals surface area contributed by atoms with Crippen LogP contribution >= 0.6 is 0 Å². The Bertz CT molecular complexity index is 352. The minimum absolute atomic E-state index is 0.826. The normalized spacial score (nSPS) is 12.7. The second-order valence-corrected chi connectivity index (χ2v) is 3.32. The monoisotopic (exact) mass is 222 g/mol. The van der Waals surface area contributed by atoms with Crippen molar-refractivity contribution in [1.29, 1.82) is 0 Å². The summed E-state index contributed by atoms with van der Waals surface area (Å²) in [5.41, 5.74) is 2.34. The van der Waals surface area contributed by atoms with Crippen molar-refractivity contribution in [2.45, 2.75) is 0 Å². The lowest BCUT2D eigenvalue weighted by Crippen LogP contribution is -1.97. The van der Waals surface area contributed by atoms with Gasteiger partial charge in [0.05, 0.1) is 0 Å². The van der Waals surface area contributed by atoms with Crippen molar-refractivity contribution in [3.8, 4) is 0 Å². The highest BCUT2D eigenvalue weighted by Crippen LogP contribution is 2.05. The molecule has 0 atom stereocenters. The largest absolute Gasteiger partial charge is 0.192 e. The molecule has 0 amide bonds. The molecule has 0 aromatic rings. The molecule has 1 heteroatoms. The lowest BCUT2D eigenvalue weighted by atomic mass is 9.62. The van der Waals surface area contributed by atoms with Crippen molar-refractivity contribution in [2.24, 2.45) is 0 Å². The van der Waals surface area contributed by atoms with E-state index in [0.717, 1.165) is 7.28 Å². The van der Waals surface area contributed by atoms with Crippen LogP contribution in [0.3, 0.4) is 0 Å². The number of rotatable bonds is 8. The molecule has 0 aliphatic carbocycles. The summed E-state index contributed by atoms with van der Waals surface area (Å²) in [4.78, 5) is 0. The molecule has 0 radical (unpaired) electrons. The molecule has 0 fully saturated rings. The molecular weight excluding hydrogens is 203 g/mol. The van der Waals surface area contributed by atoms with E-state index in [2.05, 4.69) is 26.3 Å². The average Bonchev–Trinajstić information content (AvgIpc) is 2.33. The molecule has 0 aromatic heterocycles. The van der Waals surface area contributed by atoms with Gasteiger partial charge in [-0.15, -0.1) is 0 Å². The van der Waals surface area contributed by atoms with Crippen LogP contribution in [0, 0.1) is 0 Å². The minimum Gasteiger partial charge on any atom is -0.0991 e. The summed E-state index contributed by atoms with van der Waals surface area (Å²) >= 11 is 0. The first kappa shape index (κ1) is 15.0. The molecule has 0 nitrogen and oxygen atoms in total. The zero-order chi connectivity index (χ0) is 12.9. The van der Waals surface area contributed by atoms with Gasteiger partial charge in [0.2, 0.25) is 0 Å². The minimum atomic E-state index is 0.826. The number of hydrogen-bond donors (Lipinski definition) is 0. The molecule has 0 heterocycles. The summed E-state index contributed by atoms with van der Waals surface area (Å²) in [6, 6.07) is 0. The predicted octanol–water partition coefficient (Wildman–Crippen LogP) is 4.05. The van der Waals surface area contributed by atoms with Crippen LogP contribution in [0.1, 0.15) is 0 Å². The summed E-state index contributed by atoms with van der Waals surface area (Å²) in [6.45, 7) is 14.7. The molecule has 0 aromatic carbocycles. The van der Waals surface area contributed by atoms with E-state index in [0.29, 0.717) is 0 Å². The van der Waals surface area contributed by atoms with Gasteiger partial charge >= 0.3 is 0 Å². The Morgan fingerprint density at radius 3 is 1.35 bits per heavy atom. The number of hydrogen-bond acceptors (Lipinski definition) is 0. The number of allylic oxidation sites excluding steroid dienone is 12. The van der Waals surface area contributed by atoms with Gasteiger partial charge in [-0.3, -0.25) is 0 Å². The zero-order valence-electron chi connectivity index (χ0n) is 10.3. The Kier molecular flexibility index (Phi) is 9.26. The van der Waals surface area contributed by atoms with E-state index >= 15 is 0 Å². The van der Waals surface area contributed by atoms with Gasteiger partial charge in [0.25, 0.3) is 0 Å². The van der Waals surface area contributed by atoms with Gasteiger partial charge in [-0.25, -0.2) is 0 Å². The Morgan fingerprint density at radius 1 is 0.647 bits per heavy atom. The third-order valence-electron chi connectivity index (χ3n) is 1.96.